The summed E-state index contributed by atoms with van der Waals surface area (Å²) < 4.78 is 0. The monoisotopic (exact) mass is 251 g/mol. The van der Waals surface area contributed by atoms with E-state index in [1.54, 1.807) is 0 Å². The molecule has 0 amide bonds. The Hall–Kier alpha value is -0.900. The first-order valence-corrected chi connectivity index (χ1v) is 6.76. The highest BCUT2D eigenvalue weighted by Crippen LogP contribution is 1.93. The zero-order valence-electron chi connectivity index (χ0n) is 11.9. The molecule has 18 heavy (non-hydrogen) atoms. The van der Waals surface area contributed by atoms with E-state index in [-0.39, 0.29) is 0 Å². The minimum absolute atomic E-state index is 0.874. The van der Waals surface area contributed by atoms with Gasteiger partial charge in [0.25, 0.3) is 0 Å². The predicted octanol–water partition coefficient (Wildman–Crippen LogP) is 1.76. The Balaban J connectivity index is 3.89. The van der Waals surface area contributed by atoms with Gasteiger partial charge in [-0.15, -0.1) is 19.7 Å². The first-order valence-electron chi connectivity index (χ1n) is 6.76. The Kier molecular flexibility index (Phi) is 11.9. The molecule has 0 bridgehead atoms. The zero-order valence-corrected chi connectivity index (χ0v) is 11.9. The fraction of sp³-hybridized carbons (Fsp3) is 0.600. The molecular weight excluding hydrogens is 222 g/mol. The molecule has 0 aromatic rings. The first kappa shape index (κ1) is 17.1. The molecule has 3 nitrogen and oxygen atoms in total. The van der Waals surface area contributed by atoms with Crippen LogP contribution in [0, 0.1) is 0 Å². The Morgan fingerprint density at radius 2 is 1.50 bits per heavy atom. The summed E-state index contributed by atoms with van der Waals surface area (Å²) in [7, 11) is 0. The molecule has 0 unspecified atom stereocenters. The number of rotatable bonds is 13. The Bertz CT molecular complexity index is 226. The van der Waals surface area contributed by atoms with E-state index in [1.807, 2.05) is 18.2 Å². The third-order valence-electron chi connectivity index (χ3n) is 2.85. The number of hydrogen-bond acceptors (Lipinski definition) is 3. The summed E-state index contributed by atoms with van der Waals surface area (Å²) >= 11 is 0. The van der Waals surface area contributed by atoms with Gasteiger partial charge in [0.2, 0.25) is 0 Å². The molecule has 0 aromatic heterocycles. The second-order valence-corrected chi connectivity index (χ2v) is 4.26. The van der Waals surface area contributed by atoms with Gasteiger partial charge in [0.05, 0.1) is 0 Å². The molecule has 1 N–H and O–H groups in total. The molecule has 0 rings (SSSR count). The van der Waals surface area contributed by atoms with E-state index in [2.05, 4.69) is 41.8 Å². The number of nitrogens with one attached hydrogen (secondary N) is 1. The van der Waals surface area contributed by atoms with E-state index >= 15 is 0 Å². The van der Waals surface area contributed by atoms with E-state index in [0.717, 1.165) is 52.4 Å². The van der Waals surface area contributed by atoms with Gasteiger partial charge in [-0.1, -0.05) is 25.2 Å². The molecule has 0 aliphatic rings. The van der Waals surface area contributed by atoms with Crippen molar-refractivity contribution in [2.45, 2.75) is 6.92 Å². The lowest BCUT2D eigenvalue weighted by atomic mass is 10.4. The number of nitrogens with zero attached hydrogens (tertiary/aromatic N) is 2. The smallest absolute Gasteiger partial charge is 0.0161 e. The first-order chi connectivity index (χ1) is 8.78. The molecule has 0 aliphatic carbocycles. The van der Waals surface area contributed by atoms with Crippen molar-refractivity contribution in [3.63, 3.8) is 0 Å². The number of hydrogen-bond donors (Lipinski definition) is 1. The lowest BCUT2D eigenvalue weighted by Gasteiger charge is -2.25. The lowest BCUT2D eigenvalue weighted by Crippen LogP contribution is -2.38. The van der Waals surface area contributed by atoms with Crippen LogP contribution in [0.1, 0.15) is 6.92 Å². The maximum atomic E-state index is 3.82. The van der Waals surface area contributed by atoms with Crippen molar-refractivity contribution >= 4 is 0 Å². The van der Waals surface area contributed by atoms with Crippen LogP contribution < -0.4 is 5.32 Å². The Labute approximate surface area is 113 Å². The molecule has 0 atom stereocenters. The van der Waals surface area contributed by atoms with Crippen molar-refractivity contribution in [2.24, 2.45) is 0 Å². The highest BCUT2D eigenvalue weighted by molar-refractivity contribution is 4.78. The quantitative estimate of drug-likeness (QED) is 0.397. The Morgan fingerprint density at radius 1 is 0.889 bits per heavy atom. The van der Waals surface area contributed by atoms with Gasteiger partial charge in [-0.05, 0) is 6.54 Å². The molecular formula is C15H29N3. The predicted molar refractivity (Wildman–Crippen MR) is 82.0 cm³/mol. The molecule has 0 fully saturated rings. The molecule has 0 saturated heterocycles. The van der Waals surface area contributed by atoms with Crippen LogP contribution in [-0.4, -0.2) is 62.2 Å². The Morgan fingerprint density at radius 3 is 2.06 bits per heavy atom. The van der Waals surface area contributed by atoms with Crippen LogP contribution >= 0.6 is 0 Å². The van der Waals surface area contributed by atoms with Crippen LogP contribution in [0.2, 0.25) is 0 Å². The van der Waals surface area contributed by atoms with Gasteiger partial charge >= 0.3 is 0 Å². The third-order valence-corrected chi connectivity index (χ3v) is 2.85. The van der Waals surface area contributed by atoms with E-state index in [9.17, 15) is 0 Å². The zero-order chi connectivity index (χ0) is 13.6. The highest BCUT2D eigenvalue weighted by Gasteiger charge is 2.05. The summed E-state index contributed by atoms with van der Waals surface area (Å²) in [6, 6.07) is 0. The van der Waals surface area contributed by atoms with Gasteiger partial charge in [0.15, 0.2) is 0 Å². The third kappa shape index (κ3) is 9.16. The molecule has 0 aliphatic heterocycles. The van der Waals surface area contributed by atoms with Crippen molar-refractivity contribution in [3.05, 3.63) is 38.0 Å². The van der Waals surface area contributed by atoms with Gasteiger partial charge in [0, 0.05) is 45.8 Å². The molecule has 0 spiro atoms. The summed E-state index contributed by atoms with van der Waals surface area (Å²) in [5, 5.41) is 3.33. The minimum atomic E-state index is 0.874. The minimum Gasteiger partial charge on any atom is -0.312 e. The summed E-state index contributed by atoms with van der Waals surface area (Å²) in [4.78, 5) is 4.80. The van der Waals surface area contributed by atoms with Crippen molar-refractivity contribution in [2.75, 3.05) is 52.4 Å². The molecule has 104 valence electrons. The normalized spacial score (nSPS) is 10.8. The molecule has 0 saturated carbocycles. The van der Waals surface area contributed by atoms with E-state index in [4.69, 9.17) is 0 Å². The van der Waals surface area contributed by atoms with E-state index in [0.29, 0.717) is 0 Å². The molecule has 0 radical (unpaired) electrons. The molecule has 3 heteroatoms. The summed E-state index contributed by atoms with van der Waals surface area (Å²) in [5.41, 5.74) is 0. The summed E-state index contributed by atoms with van der Waals surface area (Å²) in [5.74, 6) is 0. The van der Waals surface area contributed by atoms with Gasteiger partial charge < -0.3 is 5.32 Å². The fourth-order valence-corrected chi connectivity index (χ4v) is 1.76. The van der Waals surface area contributed by atoms with Crippen molar-refractivity contribution < 1.29 is 0 Å². The highest BCUT2D eigenvalue weighted by atomic mass is 15.2. The average molecular weight is 251 g/mol. The van der Waals surface area contributed by atoms with Gasteiger partial charge in [-0.25, -0.2) is 0 Å². The number of likely N-dealkylation sites (N-methyl/N-ethyl adjacent to an activating group) is 1. The van der Waals surface area contributed by atoms with Crippen molar-refractivity contribution in [3.8, 4) is 0 Å². The largest absolute Gasteiger partial charge is 0.312 e. The fourth-order valence-electron chi connectivity index (χ4n) is 1.76. The van der Waals surface area contributed by atoms with Crippen LogP contribution in [0.25, 0.3) is 0 Å². The van der Waals surface area contributed by atoms with E-state index in [1.165, 1.54) is 0 Å². The maximum Gasteiger partial charge on any atom is 0.0161 e. The van der Waals surface area contributed by atoms with Gasteiger partial charge in [-0.2, -0.15) is 0 Å². The van der Waals surface area contributed by atoms with Crippen LogP contribution in [0.3, 0.4) is 0 Å². The molecule has 0 aromatic carbocycles. The summed E-state index contributed by atoms with van der Waals surface area (Å²) in [6.07, 6.45) is 5.82. The van der Waals surface area contributed by atoms with Crippen LogP contribution in [0.4, 0.5) is 0 Å². The second kappa shape index (κ2) is 12.6. The van der Waals surface area contributed by atoms with Gasteiger partial charge in [0.1, 0.15) is 0 Å². The standard InChI is InChI=1S/C15H29N3/c1-5-9-16-10-13-18(12-7-3)15-14-17(8-4)11-6-2/h5-7,16H,1-3,8-15H2,4H3. The SMILES string of the molecule is C=CCNCCN(CC=C)CCN(CC)CC=C. The van der Waals surface area contributed by atoms with Crippen molar-refractivity contribution in [1.82, 2.24) is 15.1 Å². The molecule has 0 heterocycles. The summed E-state index contributed by atoms with van der Waals surface area (Å²) in [6.45, 7) is 21.5. The second-order valence-electron chi connectivity index (χ2n) is 4.26. The maximum absolute atomic E-state index is 3.82. The topological polar surface area (TPSA) is 18.5 Å². The van der Waals surface area contributed by atoms with Crippen LogP contribution in [0.5, 0.6) is 0 Å². The lowest BCUT2D eigenvalue weighted by molar-refractivity contribution is 0.234. The van der Waals surface area contributed by atoms with Crippen LogP contribution in [0.15, 0.2) is 38.0 Å². The van der Waals surface area contributed by atoms with Crippen molar-refractivity contribution in [1.29, 1.82) is 0 Å². The average Bonchev–Trinajstić information content (AvgIpc) is 2.39. The van der Waals surface area contributed by atoms with Gasteiger partial charge in [-0.3, -0.25) is 9.80 Å². The van der Waals surface area contributed by atoms with E-state index < -0.39 is 0 Å². The van der Waals surface area contributed by atoms with Crippen LogP contribution in [-0.2, 0) is 0 Å².